The third-order valence-electron chi connectivity index (χ3n) is 5.07. The van der Waals surface area contributed by atoms with E-state index in [9.17, 15) is 4.79 Å². The van der Waals surface area contributed by atoms with Crippen molar-refractivity contribution in [1.82, 2.24) is 4.98 Å². The number of ether oxygens (including phenoxy) is 1. The quantitative estimate of drug-likeness (QED) is 0.617. The summed E-state index contributed by atoms with van der Waals surface area (Å²) in [5.74, 6) is -0.158. The molecule has 4 rings (SSSR count). The average molecular weight is 352 g/mol. The monoisotopic (exact) mass is 351 g/mol. The summed E-state index contributed by atoms with van der Waals surface area (Å²) in [6.07, 6.45) is 4.44. The van der Waals surface area contributed by atoms with Crippen LogP contribution in [-0.4, -0.2) is 11.0 Å². The first-order valence-electron chi connectivity index (χ1n) is 8.45. The SMILES string of the molecule is O=C(OCc1cccc2cccnc12)C1(c2ccc(Cl)cc2)CCC1. The van der Waals surface area contributed by atoms with Crippen LogP contribution in [0.3, 0.4) is 0 Å². The van der Waals surface area contributed by atoms with Gasteiger partial charge in [-0.25, -0.2) is 0 Å². The largest absolute Gasteiger partial charge is 0.460 e. The van der Waals surface area contributed by atoms with Crippen molar-refractivity contribution in [3.05, 3.63) is 76.9 Å². The van der Waals surface area contributed by atoms with Gasteiger partial charge in [0.05, 0.1) is 10.9 Å². The number of para-hydroxylation sites is 1. The molecule has 126 valence electrons. The fourth-order valence-corrected chi connectivity index (χ4v) is 3.60. The Morgan fingerprint density at radius 3 is 2.56 bits per heavy atom. The van der Waals surface area contributed by atoms with Crippen LogP contribution in [0.1, 0.15) is 30.4 Å². The van der Waals surface area contributed by atoms with Gasteiger partial charge in [0.1, 0.15) is 6.61 Å². The maximum absolute atomic E-state index is 12.9. The smallest absolute Gasteiger partial charge is 0.316 e. The van der Waals surface area contributed by atoms with Crippen molar-refractivity contribution in [3.8, 4) is 0 Å². The molecule has 0 aliphatic heterocycles. The summed E-state index contributed by atoms with van der Waals surface area (Å²) in [5.41, 5.74) is 2.27. The highest BCUT2D eigenvalue weighted by Crippen LogP contribution is 2.45. The van der Waals surface area contributed by atoms with E-state index in [0.717, 1.165) is 41.3 Å². The molecule has 4 heteroatoms. The zero-order valence-corrected chi connectivity index (χ0v) is 14.5. The Balaban J connectivity index is 1.56. The second-order valence-electron chi connectivity index (χ2n) is 6.51. The van der Waals surface area contributed by atoms with Gasteiger partial charge >= 0.3 is 5.97 Å². The number of aromatic nitrogens is 1. The van der Waals surface area contributed by atoms with Crippen LogP contribution in [-0.2, 0) is 21.6 Å². The Kier molecular flexibility index (Phi) is 4.18. The zero-order valence-electron chi connectivity index (χ0n) is 13.7. The topological polar surface area (TPSA) is 39.2 Å². The van der Waals surface area contributed by atoms with Crippen LogP contribution in [0, 0.1) is 0 Å². The number of fused-ring (bicyclic) bond motifs is 1. The predicted octanol–water partition coefficient (Wildman–Crippen LogP) is 5.05. The number of carbonyl (C=O) groups excluding carboxylic acids is 1. The number of esters is 1. The number of pyridine rings is 1. The second kappa shape index (κ2) is 6.49. The fraction of sp³-hybridized carbons (Fsp3) is 0.238. The van der Waals surface area contributed by atoms with E-state index in [1.165, 1.54) is 0 Å². The molecule has 1 heterocycles. The van der Waals surface area contributed by atoms with E-state index in [-0.39, 0.29) is 12.6 Å². The molecule has 0 spiro atoms. The number of carbonyl (C=O) groups is 1. The molecule has 0 bridgehead atoms. The molecular formula is C21H18ClNO2. The molecule has 0 saturated heterocycles. The van der Waals surface area contributed by atoms with Crippen molar-refractivity contribution in [2.24, 2.45) is 0 Å². The van der Waals surface area contributed by atoms with Gasteiger partial charge in [0.2, 0.25) is 0 Å². The van der Waals surface area contributed by atoms with Crippen LogP contribution in [0.5, 0.6) is 0 Å². The minimum absolute atomic E-state index is 0.158. The lowest BCUT2D eigenvalue weighted by Gasteiger charge is -2.39. The predicted molar refractivity (Wildman–Crippen MR) is 98.5 cm³/mol. The number of hydrogen-bond donors (Lipinski definition) is 0. The Morgan fingerprint density at radius 1 is 1.08 bits per heavy atom. The Labute approximate surface area is 151 Å². The highest BCUT2D eigenvalue weighted by atomic mass is 35.5. The van der Waals surface area contributed by atoms with Gasteiger partial charge in [-0.05, 0) is 36.6 Å². The van der Waals surface area contributed by atoms with Crippen molar-refractivity contribution in [2.45, 2.75) is 31.3 Å². The average Bonchev–Trinajstić information content (AvgIpc) is 2.60. The molecule has 0 atom stereocenters. The Hall–Kier alpha value is -2.39. The third kappa shape index (κ3) is 2.89. The number of nitrogens with zero attached hydrogens (tertiary/aromatic N) is 1. The molecule has 3 nitrogen and oxygen atoms in total. The molecule has 0 amide bonds. The molecule has 1 aliphatic carbocycles. The molecule has 0 unspecified atom stereocenters. The standard InChI is InChI=1S/C21H18ClNO2/c22-18-9-7-17(8-10-18)21(11-3-12-21)20(24)25-14-16-5-1-4-15-6-2-13-23-19(15)16/h1-2,4-10,13H,3,11-12,14H2. The van der Waals surface area contributed by atoms with Gasteiger partial charge in [-0.1, -0.05) is 54.4 Å². The van der Waals surface area contributed by atoms with E-state index in [1.807, 2.05) is 54.6 Å². The van der Waals surface area contributed by atoms with Gasteiger partial charge in [0, 0.05) is 22.2 Å². The first kappa shape index (κ1) is 16.1. The fourth-order valence-electron chi connectivity index (χ4n) is 3.48. The molecule has 1 fully saturated rings. The van der Waals surface area contributed by atoms with E-state index in [0.29, 0.717) is 5.02 Å². The van der Waals surface area contributed by atoms with Gasteiger partial charge in [0.15, 0.2) is 0 Å². The van der Waals surface area contributed by atoms with E-state index < -0.39 is 5.41 Å². The Morgan fingerprint density at radius 2 is 1.84 bits per heavy atom. The number of rotatable bonds is 4. The molecule has 3 aromatic rings. The summed E-state index contributed by atoms with van der Waals surface area (Å²) >= 11 is 5.98. The number of benzene rings is 2. The maximum Gasteiger partial charge on any atom is 0.316 e. The van der Waals surface area contributed by atoms with Crippen LogP contribution in [0.25, 0.3) is 10.9 Å². The van der Waals surface area contributed by atoms with Crippen LogP contribution < -0.4 is 0 Å². The summed E-state index contributed by atoms with van der Waals surface area (Å²) in [5, 5.41) is 1.72. The normalized spacial score (nSPS) is 15.6. The van der Waals surface area contributed by atoms with Gasteiger partial charge in [-0.2, -0.15) is 0 Å². The van der Waals surface area contributed by atoms with Crippen molar-refractivity contribution < 1.29 is 9.53 Å². The minimum atomic E-state index is -0.525. The number of hydrogen-bond acceptors (Lipinski definition) is 3. The summed E-state index contributed by atoms with van der Waals surface area (Å²) in [4.78, 5) is 17.3. The van der Waals surface area contributed by atoms with Crippen LogP contribution >= 0.6 is 11.6 Å². The first-order chi connectivity index (χ1) is 12.2. The maximum atomic E-state index is 12.9. The van der Waals surface area contributed by atoms with Gasteiger partial charge in [-0.15, -0.1) is 0 Å². The lowest BCUT2D eigenvalue weighted by Crippen LogP contribution is -2.43. The van der Waals surface area contributed by atoms with E-state index in [2.05, 4.69) is 4.98 Å². The molecule has 0 N–H and O–H groups in total. The van der Waals surface area contributed by atoms with Crippen LogP contribution in [0.4, 0.5) is 0 Å². The molecule has 1 aromatic heterocycles. The van der Waals surface area contributed by atoms with Gasteiger partial charge < -0.3 is 4.74 Å². The molecule has 2 aromatic carbocycles. The molecule has 1 aliphatic rings. The molecular weight excluding hydrogens is 334 g/mol. The molecule has 1 saturated carbocycles. The summed E-state index contributed by atoms with van der Waals surface area (Å²) < 4.78 is 5.72. The van der Waals surface area contributed by atoms with Gasteiger partial charge in [-0.3, -0.25) is 9.78 Å². The van der Waals surface area contributed by atoms with Crippen LogP contribution in [0.15, 0.2) is 60.8 Å². The summed E-state index contributed by atoms with van der Waals surface area (Å²) in [7, 11) is 0. The highest BCUT2D eigenvalue weighted by Gasteiger charge is 2.47. The lowest BCUT2D eigenvalue weighted by molar-refractivity contribution is -0.155. The lowest BCUT2D eigenvalue weighted by atomic mass is 9.64. The second-order valence-corrected chi connectivity index (χ2v) is 6.95. The van der Waals surface area contributed by atoms with E-state index >= 15 is 0 Å². The van der Waals surface area contributed by atoms with E-state index in [1.54, 1.807) is 6.20 Å². The highest BCUT2D eigenvalue weighted by molar-refractivity contribution is 6.30. The van der Waals surface area contributed by atoms with E-state index in [4.69, 9.17) is 16.3 Å². The Bertz CT molecular complexity index is 911. The summed E-state index contributed by atoms with van der Waals surface area (Å²) in [6, 6.07) is 17.4. The minimum Gasteiger partial charge on any atom is -0.460 e. The third-order valence-corrected chi connectivity index (χ3v) is 5.32. The zero-order chi connectivity index (χ0) is 17.3. The van der Waals surface area contributed by atoms with Crippen molar-refractivity contribution in [1.29, 1.82) is 0 Å². The van der Waals surface area contributed by atoms with Gasteiger partial charge in [0.25, 0.3) is 0 Å². The molecule has 0 radical (unpaired) electrons. The van der Waals surface area contributed by atoms with Crippen LogP contribution in [0.2, 0.25) is 5.02 Å². The number of halogens is 1. The first-order valence-corrected chi connectivity index (χ1v) is 8.83. The van der Waals surface area contributed by atoms with Crippen molar-refractivity contribution >= 4 is 28.5 Å². The summed E-state index contributed by atoms with van der Waals surface area (Å²) in [6.45, 7) is 0.239. The molecule has 25 heavy (non-hydrogen) atoms. The van der Waals surface area contributed by atoms with Crippen molar-refractivity contribution in [3.63, 3.8) is 0 Å². The van der Waals surface area contributed by atoms with Crippen molar-refractivity contribution in [2.75, 3.05) is 0 Å².